The smallest absolute Gasteiger partial charge is 0.279 e. The number of carbonyl (C=O) groups is 1. The number of benzene rings is 1. The summed E-state index contributed by atoms with van der Waals surface area (Å²) < 4.78 is 21.5. The molecule has 0 aliphatic carbocycles. The second-order valence-corrected chi connectivity index (χ2v) is 7.89. The molecular formula is C19H14Cl3FN6O2. The minimum Gasteiger partial charge on any atom is -0.361 e. The fourth-order valence-corrected chi connectivity index (χ4v) is 3.48. The highest BCUT2D eigenvalue weighted by atomic mass is 35.5. The first-order chi connectivity index (χ1) is 14.8. The van der Waals surface area contributed by atoms with Crippen molar-refractivity contribution < 1.29 is 13.7 Å². The normalized spacial score (nSPS) is 11.1. The van der Waals surface area contributed by atoms with Crippen molar-refractivity contribution in [2.75, 3.05) is 5.32 Å². The number of hydrogen-bond donors (Lipinski definition) is 1. The van der Waals surface area contributed by atoms with Crippen LogP contribution in [0.4, 0.5) is 10.2 Å². The van der Waals surface area contributed by atoms with Gasteiger partial charge in [0.1, 0.15) is 16.6 Å². The molecule has 0 radical (unpaired) electrons. The SMILES string of the molecule is Cc1onc(C(=O)Nc2nn(Cc3ccc(F)cc3Cl)cc2Cl)c1Cn1cc(Cl)cn1. The van der Waals surface area contributed by atoms with Gasteiger partial charge in [-0.3, -0.25) is 14.2 Å². The molecule has 160 valence electrons. The molecule has 0 spiro atoms. The summed E-state index contributed by atoms with van der Waals surface area (Å²) in [7, 11) is 0. The fourth-order valence-electron chi connectivity index (χ4n) is 2.90. The highest BCUT2D eigenvalue weighted by molar-refractivity contribution is 6.33. The molecule has 0 aliphatic heterocycles. The van der Waals surface area contributed by atoms with E-state index in [1.54, 1.807) is 23.9 Å². The zero-order valence-electron chi connectivity index (χ0n) is 15.9. The van der Waals surface area contributed by atoms with Gasteiger partial charge in [-0.25, -0.2) is 4.39 Å². The van der Waals surface area contributed by atoms with Gasteiger partial charge in [-0.2, -0.15) is 10.2 Å². The number of hydrogen-bond acceptors (Lipinski definition) is 5. The summed E-state index contributed by atoms with van der Waals surface area (Å²) in [5.74, 6) is -0.369. The molecule has 0 saturated heterocycles. The number of aromatic nitrogens is 5. The average Bonchev–Trinajstić information content (AvgIpc) is 3.38. The molecule has 1 N–H and O–H groups in total. The third-order valence-corrected chi connectivity index (χ3v) is 5.24. The fraction of sp³-hybridized carbons (Fsp3) is 0.158. The number of nitrogens with one attached hydrogen (secondary N) is 1. The maximum Gasteiger partial charge on any atom is 0.279 e. The summed E-state index contributed by atoms with van der Waals surface area (Å²) in [4.78, 5) is 12.8. The second-order valence-electron chi connectivity index (χ2n) is 6.64. The average molecular weight is 484 g/mol. The number of nitrogens with zero attached hydrogens (tertiary/aromatic N) is 5. The van der Waals surface area contributed by atoms with Gasteiger partial charge in [0.25, 0.3) is 5.91 Å². The topological polar surface area (TPSA) is 90.8 Å². The number of halogens is 4. The summed E-state index contributed by atoms with van der Waals surface area (Å²) in [5.41, 5.74) is 1.27. The lowest BCUT2D eigenvalue weighted by Gasteiger charge is -2.05. The van der Waals surface area contributed by atoms with Crippen molar-refractivity contribution in [2.24, 2.45) is 0 Å². The van der Waals surface area contributed by atoms with E-state index in [1.165, 1.54) is 29.2 Å². The van der Waals surface area contributed by atoms with Crippen LogP contribution >= 0.6 is 34.8 Å². The van der Waals surface area contributed by atoms with Gasteiger partial charge in [0, 0.05) is 23.0 Å². The Morgan fingerprint density at radius 1 is 1.16 bits per heavy atom. The highest BCUT2D eigenvalue weighted by Gasteiger charge is 2.22. The Morgan fingerprint density at radius 3 is 2.68 bits per heavy atom. The van der Waals surface area contributed by atoms with Crippen LogP contribution in [-0.4, -0.2) is 30.6 Å². The zero-order chi connectivity index (χ0) is 22.1. The second kappa shape index (κ2) is 8.70. The molecule has 0 fully saturated rings. The maximum absolute atomic E-state index is 13.2. The van der Waals surface area contributed by atoms with Crippen molar-refractivity contribution in [2.45, 2.75) is 20.0 Å². The summed E-state index contributed by atoms with van der Waals surface area (Å²) in [5, 5.41) is 15.8. The van der Waals surface area contributed by atoms with E-state index < -0.39 is 11.7 Å². The largest absolute Gasteiger partial charge is 0.361 e. The lowest BCUT2D eigenvalue weighted by atomic mass is 10.2. The Labute approximate surface area is 190 Å². The van der Waals surface area contributed by atoms with Crippen LogP contribution in [0.1, 0.15) is 27.4 Å². The molecule has 0 atom stereocenters. The van der Waals surface area contributed by atoms with Crippen LogP contribution in [0, 0.1) is 12.7 Å². The molecule has 3 aromatic heterocycles. The van der Waals surface area contributed by atoms with Crippen LogP contribution in [0.3, 0.4) is 0 Å². The molecule has 1 aromatic carbocycles. The van der Waals surface area contributed by atoms with Crippen molar-refractivity contribution >= 4 is 46.5 Å². The minimum atomic E-state index is -0.544. The Bertz CT molecular complexity index is 1270. The molecule has 0 unspecified atom stereocenters. The van der Waals surface area contributed by atoms with Gasteiger partial charge in [0.05, 0.1) is 24.3 Å². The van der Waals surface area contributed by atoms with Crippen LogP contribution in [0.5, 0.6) is 0 Å². The Hall–Kier alpha value is -2.88. The quantitative estimate of drug-likeness (QED) is 0.424. The third kappa shape index (κ3) is 4.73. The molecule has 0 bridgehead atoms. The highest BCUT2D eigenvalue weighted by Crippen LogP contribution is 2.24. The first-order valence-corrected chi connectivity index (χ1v) is 10.0. The number of aryl methyl sites for hydroxylation is 1. The molecule has 8 nitrogen and oxygen atoms in total. The van der Waals surface area contributed by atoms with Crippen molar-refractivity contribution in [3.63, 3.8) is 0 Å². The zero-order valence-corrected chi connectivity index (χ0v) is 18.2. The van der Waals surface area contributed by atoms with Gasteiger partial charge in [0.15, 0.2) is 11.5 Å². The molecular weight excluding hydrogens is 470 g/mol. The molecule has 0 aliphatic rings. The summed E-state index contributed by atoms with van der Waals surface area (Å²) in [6, 6.07) is 4.07. The van der Waals surface area contributed by atoms with Gasteiger partial charge < -0.3 is 9.84 Å². The van der Waals surface area contributed by atoms with E-state index in [0.717, 1.165) is 0 Å². The van der Waals surface area contributed by atoms with E-state index in [-0.39, 0.29) is 34.6 Å². The number of anilines is 1. The van der Waals surface area contributed by atoms with Crippen LogP contribution in [0.25, 0.3) is 0 Å². The predicted molar refractivity (Wildman–Crippen MR) is 113 cm³/mol. The van der Waals surface area contributed by atoms with Gasteiger partial charge in [-0.1, -0.05) is 46.0 Å². The molecule has 31 heavy (non-hydrogen) atoms. The van der Waals surface area contributed by atoms with Crippen LogP contribution in [0.2, 0.25) is 15.1 Å². The van der Waals surface area contributed by atoms with E-state index in [9.17, 15) is 9.18 Å². The lowest BCUT2D eigenvalue weighted by molar-refractivity contribution is 0.101. The molecule has 0 saturated carbocycles. The molecule has 4 rings (SSSR count). The van der Waals surface area contributed by atoms with Gasteiger partial charge >= 0.3 is 0 Å². The Balaban J connectivity index is 1.52. The maximum atomic E-state index is 13.2. The van der Waals surface area contributed by atoms with Crippen LogP contribution < -0.4 is 5.32 Å². The van der Waals surface area contributed by atoms with Crippen LogP contribution in [0.15, 0.2) is 41.3 Å². The van der Waals surface area contributed by atoms with Crippen molar-refractivity contribution in [3.8, 4) is 0 Å². The first kappa shape index (κ1) is 21.4. The lowest BCUT2D eigenvalue weighted by Crippen LogP contribution is -2.17. The minimum absolute atomic E-state index is 0.0799. The standard InChI is InChI=1S/C19H14Cl3FN6O2/c1-10-14(8-28-7-12(20)5-24-28)17(27-31-10)19(30)25-18-16(22)9-29(26-18)6-11-2-3-13(23)4-15(11)21/h2-5,7,9H,6,8H2,1H3,(H,25,26,30). The third-order valence-electron chi connectivity index (χ3n) is 4.42. The van der Waals surface area contributed by atoms with Crippen LogP contribution in [-0.2, 0) is 13.1 Å². The first-order valence-electron chi connectivity index (χ1n) is 8.91. The summed E-state index contributed by atoms with van der Waals surface area (Å²) >= 11 is 18.2. The number of carbonyl (C=O) groups excluding carboxylic acids is 1. The predicted octanol–water partition coefficient (Wildman–Crippen LogP) is 4.82. The van der Waals surface area contributed by atoms with Gasteiger partial charge in [0.2, 0.25) is 0 Å². The number of amides is 1. The van der Waals surface area contributed by atoms with Crippen molar-refractivity contribution in [1.29, 1.82) is 0 Å². The monoisotopic (exact) mass is 482 g/mol. The van der Waals surface area contributed by atoms with E-state index in [1.807, 2.05) is 0 Å². The van der Waals surface area contributed by atoms with E-state index in [4.69, 9.17) is 39.3 Å². The summed E-state index contributed by atoms with van der Waals surface area (Å²) in [6.07, 6.45) is 4.64. The van der Waals surface area contributed by atoms with Gasteiger partial charge in [-0.05, 0) is 24.6 Å². The molecule has 12 heteroatoms. The van der Waals surface area contributed by atoms with Crippen molar-refractivity contribution in [1.82, 2.24) is 24.7 Å². The number of rotatable bonds is 6. The van der Waals surface area contributed by atoms with E-state index >= 15 is 0 Å². The Morgan fingerprint density at radius 2 is 1.97 bits per heavy atom. The van der Waals surface area contributed by atoms with Gasteiger partial charge in [-0.15, -0.1) is 0 Å². The van der Waals surface area contributed by atoms with E-state index in [0.29, 0.717) is 21.9 Å². The van der Waals surface area contributed by atoms with E-state index in [2.05, 4.69) is 20.7 Å². The summed E-state index contributed by atoms with van der Waals surface area (Å²) in [6.45, 7) is 2.18. The Kier molecular flexibility index (Phi) is 5.99. The molecule has 4 aromatic rings. The molecule has 1 amide bonds. The van der Waals surface area contributed by atoms with Crippen molar-refractivity contribution in [3.05, 3.63) is 80.3 Å². The molecule has 3 heterocycles.